The van der Waals surface area contributed by atoms with Crippen molar-refractivity contribution in [3.8, 4) is 5.69 Å². The van der Waals surface area contributed by atoms with Crippen LogP contribution in [-0.2, 0) is 31.3 Å². The number of nitrogens with zero attached hydrogens (tertiary/aromatic N) is 3. The Morgan fingerprint density at radius 3 is 2.13 bits per heavy atom. The fourth-order valence-electron chi connectivity index (χ4n) is 7.99. The number of carbonyl (C=O) groups excluding carboxylic acids is 1. The number of aromatic nitrogens is 1. The topological polar surface area (TPSA) is 48.7 Å². The Bertz CT molecular complexity index is 2210. The van der Waals surface area contributed by atoms with Crippen LogP contribution in [0.3, 0.4) is 0 Å². The summed E-state index contributed by atoms with van der Waals surface area (Å²) in [6, 6.07) is 22.3. The molecule has 0 saturated carbocycles. The fraction of sp³-hybridized carbons (Fsp3) is 0.422. The van der Waals surface area contributed by atoms with Gasteiger partial charge in [0, 0.05) is 60.0 Å². The van der Waals surface area contributed by atoms with Crippen LogP contribution in [0, 0.1) is 36.9 Å². The molecule has 0 bridgehead atoms. The number of ketones is 1. The molecule has 0 aliphatic carbocycles. The number of hydrogen-bond acceptors (Lipinski definition) is 4. The molecule has 2 aliphatic rings. The second kappa shape index (κ2) is 15.7. The molecule has 1 aromatic heterocycles. The van der Waals surface area contributed by atoms with Crippen molar-refractivity contribution in [2.24, 2.45) is 17.3 Å². The average Bonchev–Trinajstić information content (AvgIpc) is 3.65. The van der Waals surface area contributed by atoms with Crippen LogP contribution in [0.2, 0.25) is 0 Å². The standard InChI is InChI=1S/C32H28F3N3.C13H24O2.Ir/c1-18(2)36-17-37-27-15-21-8-6-7-9-22(21)19(3)28(27)38-26-14-20(16-31(4,5)32(33,34)35)10-11-23(26)24-12-13-25(36)30(37)29(24)38;1-5-10(6-2)12(14)9-13(15)11(7-3)8-4;/h6-14,17-18H,16H2,1-5H3;9-11,14H,5-8H2,1-4H3;/q-2;;/b;12-9-;. The van der Waals surface area contributed by atoms with E-state index in [4.69, 9.17) is 0 Å². The molecule has 2 aliphatic heterocycles. The van der Waals surface area contributed by atoms with E-state index >= 15 is 0 Å². The van der Waals surface area contributed by atoms with Crippen molar-refractivity contribution < 1.29 is 43.2 Å². The average molecular weight is 916 g/mol. The van der Waals surface area contributed by atoms with E-state index < -0.39 is 11.6 Å². The predicted molar refractivity (Wildman–Crippen MR) is 213 cm³/mol. The Hall–Kier alpha value is -3.81. The van der Waals surface area contributed by atoms with Gasteiger partial charge in [0.25, 0.3) is 0 Å². The molecule has 1 N–H and O–H groups in total. The second-order valence-electron chi connectivity index (χ2n) is 15.6. The van der Waals surface area contributed by atoms with Gasteiger partial charge in [-0.15, -0.1) is 34.5 Å². The number of rotatable bonds is 10. The van der Waals surface area contributed by atoms with E-state index in [0.717, 1.165) is 86.6 Å². The van der Waals surface area contributed by atoms with E-state index in [1.165, 1.54) is 19.9 Å². The number of allylic oxidation sites excluding steroid dienone is 2. The summed E-state index contributed by atoms with van der Waals surface area (Å²) < 4.78 is 43.6. The molecule has 1 radical (unpaired) electrons. The number of fused-ring (bicyclic) bond motifs is 7. The Kier molecular flexibility index (Phi) is 12.1. The first kappa shape index (κ1) is 41.4. The Balaban J connectivity index is 0.000000301. The zero-order chi connectivity index (χ0) is 38.6. The van der Waals surface area contributed by atoms with Crippen molar-refractivity contribution >= 4 is 55.4 Å². The monoisotopic (exact) mass is 916 g/mol. The van der Waals surface area contributed by atoms with Crippen LogP contribution in [-0.4, -0.2) is 27.7 Å². The van der Waals surface area contributed by atoms with E-state index in [1.54, 1.807) is 0 Å². The molecule has 4 aromatic carbocycles. The van der Waals surface area contributed by atoms with Crippen LogP contribution < -0.4 is 9.80 Å². The Labute approximate surface area is 331 Å². The molecule has 5 aromatic rings. The summed E-state index contributed by atoms with van der Waals surface area (Å²) in [5.41, 5.74) is 6.22. The van der Waals surface area contributed by atoms with E-state index in [9.17, 15) is 23.1 Å². The number of benzene rings is 4. The summed E-state index contributed by atoms with van der Waals surface area (Å²) in [6.07, 6.45) is 0.543. The zero-order valence-electron chi connectivity index (χ0n) is 32.8. The first-order valence-corrected chi connectivity index (χ1v) is 19.1. The summed E-state index contributed by atoms with van der Waals surface area (Å²) in [4.78, 5) is 16.2. The maximum atomic E-state index is 13.8. The number of aliphatic hydroxyl groups is 1. The first-order chi connectivity index (χ1) is 25.1. The fourth-order valence-corrected chi connectivity index (χ4v) is 7.99. The maximum absolute atomic E-state index is 13.8. The molecule has 0 spiro atoms. The van der Waals surface area contributed by atoms with Crippen molar-refractivity contribution in [1.82, 2.24) is 4.57 Å². The van der Waals surface area contributed by atoms with Crippen molar-refractivity contribution in [3.05, 3.63) is 90.3 Å². The SMILES string of the molecule is CCC(CC)C(=O)/C=C(\O)C(CC)CC.Cc1c2c([c-]c3ccccc13)N1[CH-]N(C(C)C)c3ccc4c5ccc(CC(C)(C)C(F)(F)F)cc5n-2c4c31.[Ir]. The molecule has 7 rings (SSSR count). The van der Waals surface area contributed by atoms with E-state index in [0.29, 0.717) is 5.56 Å². The Morgan fingerprint density at radius 1 is 0.889 bits per heavy atom. The molecule has 9 heteroatoms. The van der Waals surface area contributed by atoms with Gasteiger partial charge in [0.15, 0.2) is 5.78 Å². The third kappa shape index (κ3) is 7.07. The van der Waals surface area contributed by atoms with Gasteiger partial charge in [0.1, 0.15) is 0 Å². The molecule has 54 heavy (non-hydrogen) atoms. The van der Waals surface area contributed by atoms with Gasteiger partial charge >= 0.3 is 6.18 Å². The van der Waals surface area contributed by atoms with Gasteiger partial charge in [-0.2, -0.15) is 19.8 Å². The van der Waals surface area contributed by atoms with Gasteiger partial charge in [-0.3, -0.25) is 4.79 Å². The van der Waals surface area contributed by atoms with Crippen LogP contribution in [0.15, 0.2) is 66.4 Å². The summed E-state index contributed by atoms with van der Waals surface area (Å²) >= 11 is 0. The van der Waals surface area contributed by atoms with E-state index in [2.05, 4.69) is 72.1 Å². The summed E-state index contributed by atoms with van der Waals surface area (Å²) in [5.74, 6) is 0.547. The minimum atomic E-state index is -4.28. The molecule has 0 saturated heterocycles. The molecule has 0 unspecified atom stereocenters. The van der Waals surface area contributed by atoms with E-state index in [-0.39, 0.29) is 55.9 Å². The number of aryl methyl sites for hydroxylation is 1. The molecular formula is C45H52F3IrN3O2-2. The zero-order valence-corrected chi connectivity index (χ0v) is 35.2. The van der Waals surface area contributed by atoms with Crippen molar-refractivity contribution in [2.45, 2.75) is 107 Å². The number of aliphatic hydroxyl groups excluding tert-OH is 1. The van der Waals surface area contributed by atoms with E-state index in [1.807, 2.05) is 58.0 Å². The van der Waals surface area contributed by atoms with Gasteiger partial charge in [-0.05, 0) is 81.1 Å². The molecule has 5 nitrogen and oxygen atoms in total. The molecule has 0 atom stereocenters. The van der Waals surface area contributed by atoms with Crippen LogP contribution in [0.5, 0.6) is 0 Å². The normalized spacial score (nSPS) is 14.0. The first-order valence-electron chi connectivity index (χ1n) is 19.1. The van der Waals surface area contributed by atoms with Crippen molar-refractivity contribution in [2.75, 3.05) is 9.80 Å². The largest absolute Gasteiger partial charge is 0.512 e. The quantitative estimate of drug-likeness (QED) is 0.0861. The van der Waals surface area contributed by atoms with Crippen molar-refractivity contribution in [3.63, 3.8) is 0 Å². The number of anilines is 3. The third-order valence-corrected chi connectivity index (χ3v) is 11.4. The number of hydrogen-bond donors (Lipinski definition) is 1. The molecule has 291 valence electrons. The van der Waals surface area contributed by atoms with Crippen LogP contribution >= 0.6 is 0 Å². The summed E-state index contributed by atoms with van der Waals surface area (Å²) in [6.45, 7) is 19.3. The number of halogens is 3. The van der Waals surface area contributed by atoms with Gasteiger partial charge < -0.3 is 19.5 Å². The Morgan fingerprint density at radius 2 is 1.52 bits per heavy atom. The van der Waals surface area contributed by atoms with Crippen LogP contribution in [0.4, 0.5) is 30.2 Å². The minimum absolute atomic E-state index is 0. The second-order valence-corrected chi connectivity index (χ2v) is 15.6. The van der Waals surface area contributed by atoms with Gasteiger partial charge in [0.05, 0.1) is 22.4 Å². The number of alkyl halides is 3. The predicted octanol–water partition coefficient (Wildman–Crippen LogP) is 12.8. The molecule has 0 amide bonds. The molecular weight excluding hydrogens is 864 g/mol. The number of carbonyl (C=O) groups is 1. The van der Waals surface area contributed by atoms with Gasteiger partial charge in [-0.25, -0.2) is 0 Å². The van der Waals surface area contributed by atoms with Gasteiger partial charge in [-0.1, -0.05) is 78.8 Å². The third-order valence-electron chi connectivity index (χ3n) is 11.4. The maximum Gasteiger partial charge on any atom is 0.394 e. The summed E-state index contributed by atoms with van der Waals surface area (Å²) in [5, 5.41) is 14.1. The van der Waals surface area contributed by atoms with Crippen LogP contribution in [0.1, 0.15) is 92.2 Å². The van der Waals surface area contributed by atoms with Crippen LogP contribution in [0.25, 0.3) is 38.3 Å². The smallest absolute Gasteiger partial charge is 0.394 e. The molecule has 0 fully saturated rings. The van der Waals surface area contributed by atoms with Crippen molar-refractivity contribution in [1.29, 1.82) is 0 Å². The van der Waals surface area contributed by atoms with Gasteiger partial charge in [0.2, 0.25) is 0 Å². The summed E-state index contributed by atoms with van der Waals surface area (Å²) in [7, 11) is 0. The molecule has 3 heterocycles. The minimum Gasteiger partial charge on any atom is -0.512 e.